The molecular formula is C22H31ClF3N3O4S. The van der Waals surface area contributed by atoms with E-state index in [-0.39, 0.29) is 61.7 Å². The van der Waals surface area contributed by atoms with Crippen LogP contribution in [0.15, 0.2) is 18.2 Å². The zero-order chi connectivity index (χ0) is 25.1. The number of hydrogen-bond acceptors (Lipinski definition) is 5. The predicted molar refractivity (Wildman–Crippen MR) is 123 cm³/mol. The van der Waals surface area contributed by atoms with Crippen molar-refractivity contribution in [2.45, 2.75) is 56.6 Å². The van der Waals surface area contributed by atoms with Crippen molar-refractivity contribution < 1.29 is 31.5 Å². The second kappa shape index (κ2) is 10.7. The quantitative estimate of drug-likeness (QED) is 0.545. The van der Waals surface area contributed by atoms with Crippen LogP contribution in [-0.2, 0) is 10.0 Å². The maximum Gasteiger partial charge on any atom is 0.252 e. The number of carbonyl (C=O) groups excluding carboxylic acids is 1. The van der Waals surface area contributed by atoms with E-state index in [0.717, 1.165) is 12.1 Å². The molecule has 12 heteroatoms. The minimum absolute atomic E-state index is 0.0148. The molecule has 1 aliphatic carbocycles. The van der Waals surface area contributed by atoms with E-state index in [1.54, 1.807) is 0 Å². The third kappa shape index (κ3) is 6.63. The van der Waals surface area contributed by atoms with Crippen LogP contribution in [0, 0.1) is 5.82 Å². The van der Waals surface area contributed by atoms with Gasteiger partial charge in [0.1, 0.15) is 5.82 Å². The summed E-state index contributed by atoms with van der Waals surface area (Å²) in [6.07, 6.45) is -0.653. The van der Waals surface area contributed by atoms with Gasteiger partial charge >= 0.3 is 0 Å². The number of amides is 1. The maximum atomic E-state index is 14.0. The van der Waals surface area contributed by atoms with Crippen LogP contribution in [0.1, 0.15) is 49.4 Å². The number of aliphatic hydroxyl groups is 1. The van der Waals surface area contributed by atoms with Crippen LogP contribution in [0.4, 0.5) is 13.2 Å². The van der Waals surface area contributed by atoms with Crippen molar-refractivity contribution in [3.63, 3.8) is 0 Å². The summed E-state index contributed by atoms with van der Waals surface area (Å²) in [5.74, 6) is -4.13. The molecule has 1 saturated carbocycles. The first-order chi connectivity index (χ1) is 15.8. The maximum absolute atomic E-state index is 14.0. The highest BCUT2D eigenvalue weighted by molar-refractivity contribution is 7.89. The highest BCUT2D eigenvalue weighted by Crippen LogP contribution is 2.43. The van der Waals surface area contributed by atoms with Crippen LogP contribution in [0.3, 0.4) is 0 Å². The highest BCUT2D eigenvalue weighted by Gasteiger charge is 2.47. The van der Waals surface area contributed by atoms with Gasteiger partial charge in [-0.05, 0) is 44.4 Å². The van der Waals surface area contributed by atoms with Crippen molar-refractivity contribution in [3.05, 3.63) is 34.6 Å². The molecule has 1 atom stereocenters. The molecule has 2 N–H and O–H groups in total. The zero-order valence-corrected chi connectivity index (χ0v) is 20.6. The largest absolute Gasteiger partial charge is 0.392 e. The molecule has 1 aromatic carbocycles. The summed E-state index contributed by atoms with van der Waals surface area (Å²) in [6.45, 7) is 2.80. The van der Waals surface area contributed by atoms with E-state index in [1.165, 1.54) is 17.3 Å². The molecule has 1 unspecified atom stereocenters. The summed E-state index contributed by atoms with van der Waals surface area (Å²) in [5.41, 5.74) is -0.467. The van der Waals surface area contributed by atoms with Gasteiger partial charge in [-0.3, -0.25) is 9.69 Å². The fraction of sp³-hybridized carbons (Fsp3) is 0.682. The van der Waals surface area contributed by atoms with Crippen molar-refractivity contribution in [1.29, 1.82) is 0 Å². The highest BCUT2D eigenvalue weighted by atomic mass is 35.5. The molecule has 192 valence electrons. The van der Waals surface area contributed by atoms with Crippen molar-refractivity contribution in [1.82, 2.24) is 14.5 Å². The molecule has 1 saturated heterocycles. The number of benzene rings is 1. The van der Waals surface area contributed by atoms with Gasteiger partial charge in [0.05, 0.1) is 22.4 Å². The first-order valence-corrected chi connectivity index (χ1v) is 13.3. The minimum atomic E-state index is -3.60. The Balaban J connectivity index is 1.66. The van der Waals surface area contributed by atoms with Gasteiger partial charge < -0.3 is 10.4 Å². The Bertz CT molecular complexity index is 976. The predicted octanol–water partition coefficient (Wildman–Crippen LogP) is 2.88. The van der Waals surface area contributed by atoms with Gasteiger partial charge in [0.25, 0.3) is 5.91 Å². The third-order valence-corrected chi connectivity index (χ3v) is 9.09. The Kier molecular flexibility index (Phi) is 8.55. The van der Waals surface area contributed by atoms with Crippen molar-refractivity contribution >= 4 is 27.5 Å². The van der Waals surface area contributed by atoms with Gasteiger partial charge in [-0.2, -0.15) is 4.31 Å². The standard InChI is InChI=1S/C22H31ClF3N3O4S/c1-16(30)15-34(32,33)29-12-10-28(11-13-29)21(4-6-22(25,26)7-5-21)8-9-27-20(31)18-3-2-17(24)14-19(18)23/h2-3,14,16,30H,4-13,15H2,1H3,(H,27,31). The number of aliphatic hydroxyl groups excluding tert-OH is 1. The fourth-order valence-corrected chi connectivity index (χ4v) is 6.63. The number of carbonyl (C=O) groups is 1. The second-order valence-corrected chi connectivity index (χ2v) is 11.6. The Morgan fingerprint density at radius 1 is 1.18 bits per heavy atom. The molecule has 1 aliphatic heterocycles. The molecule has 7 nitrogen and oxygen atoms in total. The van der Waals surface area contributed by atoms with Crippen LogP contribution >= 0.6 is 11.6 Å². The first kappa shape index (κ1) is 27.2. The number of nitrogens with zero attached hydrogens (tertiary/aromatic N) is 2. The van der Waals surface area contributed by atoms with E-state index in [1.807, 2.05) is 0 Å². The normalized spacial score (nSPS) is 22.3. The molecule has 0 bridgehead atoms. The Hall–Kier alpha value is -1.40. The van der Waals surface area contributed by atoms with Crippen molar-refractivity contribution in [3.8, 4) is 0 Å². The Morgan fingerprint density at radius 2 is 1.79 bits per heavy atom. The van der Waals surface area contributed by atoms with Crippen molar-refractivity contribution in [2.75, 3.05) is 38.5 Å². The molecule has 34 heavy (non-hydrogen) atoms. The fourth-order valence-electron chi connectivity index (χ4n) is 4.83. The molecular weight excluding hydrogens is 495 g/mol. The average molecular weight is 526 g/mol. The summed E-state index contributed by atoms with van der Waals surface area (Å²) in [4.78, 5) is 14.6. The lowest BCUT2D eigenvalue weighted by Crippen LogP contribution is -2.60. The van der Waals surface area contributed by atoms with E-state index in [9.17, 15) is 31.5 Å². The Labute approximate surface area is 203 Å². The average Bonchev–Trinajstić information content (AvgIpc) is 2.74. The van der Waals surface area contributed by atoms with Crippen LogP contribution in [0.2, 0.25) is 5.02 Å². The number of nitrogens with one attached hydrogen (secondary N) is 1. The lowest BCUT2D eigenvalue weighted by Gasteiger charge is -2.51. The summed E-state index contributed by atoms with van der Waals surface area (Å²) in [6, 6.07) is 3.47. The van der Waals surface area contributed by atoms with Crippen LogP contribution in [0.25, 0.3) is 0 Å². The second-order valence-electron chi connectivity index (χ2n) is 9.22. The molecule has 3 rings (SSSR count). The van der Waals surface area contributed by atoms with Gasteiger partial charge in [-0.25, -0.2) is 21.6 Å². The van der Waals surface area contributed by atoms with Gasteiger partial charge in [0.2, 0.25) is 15.9 Å². The molecule has 0 spiro atoms. The van der Waals surface area contributed by atoms with E-state index >= 15 is 0 Å². The third-order valence-electron chi connectivity index (χ3n) is 6.72. The van der Waals surface area contributed by atoms with Crippen LogP contribution in [-0.4, -0.2) is 84.7 Å². The number of sulfonamides is 1. The SMILES string of the molecule is CC(O)CS(=O)(=O)N1CCN(C2(CCNC(=O)c3ccc(F)cc3Cl)CCC(F)(F)CC2)CC1. The number of alkyl halides is 2. The summed E-state index contributed by atoms with van der Waals surface area (Å²) in [7, 11) is -3.60. The van der Waals surface area contributed by atoms with Gasteiger partial charge in [0.15, 0.2) is 0 Å². The molecule has 0 radical (unpaired) electrons. The number of halogens is 4. The van der Waals surface area contributed by atoms with Gasteiger partial charge in [0, 0.05) is 51.1 Å². The first-order valence-electron chi connectivity index (χ1n) is 11.4. The van der Waals surface area contributed by atoms with Gasteiger partial charge in [-0.15, -0.1) is 0 Å². The number of hydrogen-bond donors (Lipinski definition) is 2. The number of piperazine rings is 1. The molecule has 0 aromatic heterocycles. The minimum Gasteiger partial charge on any atom is -0.392 e. The molecule has 2 fully saturated rings. The summed E-state index contributed by atoms with van der Waals surface area (Å²) >= 11 is 5.95. The van der Waals surface area contributed by atoms with E-state index in [4.69, 9.17) is 11.6 Å². The van der Waals surface area contributed by atoms with Crippen LogP contribution in [0.5, 0.6) is 0 Å². The van der Waals surface area contributed by atoms with E-state index in [2.05, 4.69) is 10.2 Å². The summed E-state index contributed by atoms with van der Waals surface area (Å²) in [5, 5.41) is 12.2. The molecule has 1 aromatic rings. The zero-order valence-electron chi connectivity index (χ0n) is 19.1. The van der Waals surface area contributed by atoms with Gasteiger partial charge in [-0.1, -0.05) is 11.6 Å². The van der Waals surface area contributed by atoms with Crippen molar-refractivity contribution in [2.24, 2.45) is 0 Å². The lowest BCUT2D eigenvalue weighted by molar-refractivity contribution is -0.0889. The molecule has 1 amide bonds. The topological polar surface area (TPSA) is 89.9 Å². The van der Waals surface area contributed by atoms with Crippen LogP contribution < -0.4 is 5.32 Å². The summed E-state index contributed by atoms with van der Waals surface area (Å²) < 4.78 is 67.4. The smallest absolute Gasteiger partial charge is 0.252 e. The Morgan fingerprint density at radius 3 is 2.35 bits per heavy atom. The van der Waals surface area contributed by atoms with E-state index < -0.39 is 39.3 Å². The molecule has 2 aliphatic rings. The molecule has 1 heterocycles. The monoisotopic (exact) mass is 525 g/mol. The lowest BCUT2D eigenvalue weighted by atomic mass is 9.76. The van der Waals surface area contributed by atoms with E-state index in [0.29, 0.717) is 19.5 Å². The number of rotatable bonds is 8.